The molecule has 2 rings (SSSR count). The molecule has 1 aromatic rings. The van der Waals surface area contributed by atoms with Crippen LogP contribution in [0, 0.1) is 5.92 Å². The molecule has 0 unspecified atom stereocenters. The van der Waals surface area contributed by atoms with E-state index >= 15 is 0 Å². The molecular formula is C15H21Br2NO3. The van der Waals surface area contributed by atoms with Crippen molar-refractivity contribution < 1.29 is 14.9 Å². The number of benzene rings is 1. The summed E-state index contributed by atoms with van der Waals surface area (Å²) in [6.45, 7) is 0. The minimum Gasteiger partial charge on any atom is -0.503 e. The molecule has 1 aliphatic carbocycles. The highest BCUT2D eigenvalue weighted by molar-refractivity contribution is 9.13. The third kappa shape index (κ3) is 3.55. The second-order valence-electron chi connectivity index (χ2n) is 5.56. The number of nitrogens with two attached hydrogens (primary N) is 1. The number of aliphatic hydroxyl groups is 1. The van der Waals surface area contributed by atoms with E-state index in [1.807, 2.05) is 0 Å². The first kappa shape index (κ1) is 17.1. The van der Waals surface area contributed by atoms with Crippen LogP contribution in [0.15, 0.2) is 15.0 Å². The Hall–Kier alpha value is -0.300. The van der Waals surface area contributed by atoms with Gasteiger partial charge in [0.05, 0.1) is 23.7 Å². The van der Waals surface area contributed by atoms with Gasteiger partial charge in [-0.2, -0.15) is 0 Å². The Labute approximate surface area is 141 Å². The van der Waals surface area contributed by atoms with Gasteiger partial charge in [-0.3, -0.25) is 0 Å². The highest BCUT2D eigenvalue weighted by Gasteiger charge is 2.30. The molecule has 0 aromatic heterocycles. The van der Waals surface area contributed by atoms with Crippen LogP contribution in [0.3, 0.4) is 0 Å². The van der Waals surface area contributed by atoms with Gasteiger partial charge in [0, 0.05) is 4.47 Å². The molecule has 1 aromatic carbocycles. The first-order chi connectivity index (χ1) is 9.97. The topological polar surface area (TPSA) is 75.7 Å². The number of aromatic hydroxyl groups is 1. The van der Waals surface area contributed by atoms with E-state index < -0.39 is 12.1 Å². The fourth-order valence-electron chi connectivity index (χ4n) is 2.96. The van der Waals surface area contributed by atoms with Crippen molar-refractivity contribution in [3.63, 3.8) is 0 Å². The van der Waals surface area contributed by atoms with Crippen molar-refractivity contribution in [2.45, 2.75) is 44.2 Å². The number of phenolic OH excluding ortho intramolecular Hbond substituents is 1. The fraction of sp³-hybridized carbons (Fsp3) is 0.600. The fourth-order valence-corrected chi connectivity index (χ4v) is 3.95. The maximum atomic E-state index is 10.6. The lowest BCUT2D eigenvalue weighted by molar-refractivity contribution is 0.0615. The van der Waals surface area contributed by atoms with Gasteiger partial charge in [-0.25, -0.2) is 0 Å². The zero-order valence-electron chi connectivity index (χ0n) is 12.0. The Bertz CT molecular complexity index is 504. The van der Waals surface area contributed by atoms with E-state index in [-0.39, 0.29) is 11.7 Å². The van der Waals surface area contributed by atoms with Crippen molar-refractivity contribution in [3.8, 4) is 11.5 Å². The second kappa shape index (κ2) is 7.31. The lowest BCUT2D eigenvalue weighted by Gasteiger charge is -2.31. The van der Waals surface area contributed by atoms with E-state index in [0.717, 1.165) is 31.2 Å². The SMILES string of the molecule is COc1cc([C@H](N)[C@H](O)C2CCCCC2)c(Br)c(Br)c1O. The summed E-state index contributed by atoms with van der Waals surface area (Å²) in [7, 11) is 1.49. The lowest BCUT2D eigenvalue weighted by Crippen LogP contribution is -2.34. The van der Waals surface area contributed by atoms with E-state index in [4.69, 9.17) is 10.5 Å². The van der Waals surface area contributed by atoms with Gasteiger partial charge in [-0.05, 0) is 62.2 Å². The summed E-state index contributed by atoms with van der Waals surface area (Å²) in [5.41, 5.74) is 7.01. The molecule has 1 aliphatic rings. The maximum Gasteiger partial charge on any atom is 0.173 e. The van der Waals surface area contributed by atoms with Crippen LogP contribution in [0.1, 0.15) is 43.7 Å². The number of ether oxygens (including phenoxy) is 1. The van der Waals surface area contributed by atoms with Gasteiger partial charge < -0.3 is 20.7 Å². The van der Waals surface area contributed by atoms with Gasteiger partial charge in [0.1, 0.15) is 0 Å². The summed E-state index contributed by atoms with van der Waals surface area (Å²) < 4.78 is 6.30. The average molecular weight is 423 g/mol. The van der Waals surface area contributed by atoms with Crippen LogP contribution in [-0.2, 0) is 0 Å². The van der Waals surface area contributed by atoms with Crippen molar-refractivity contribution in [3.05, 3.63) is 20.6 Å². The van der Waals surface area contributed by atoms with Crippen molar-refractivity contribution in [1.29, 1.82) is 0 Å². The second-order valence-corrected chi connectivity index (χ2v) is 7.15. The average Bonchev–Trinajstić information content (AvgIpc) is 2.52. The van der Waals surface area contributed by atoms with Gasteiger partial charge >= 0.3 is 0 Å². The van der Waals surface area contributed by atoms with Gasteiger partial charge in [0.2, 0.25) is 0 Å². The predicted octanol–water partition coefficient (Wildman–Crippen LogP) is 3.87. The molecule has 0 amide bonds. The highest BCUT2D eigenvalue weighted by Crippen LogP contribution is 2.44. The lowest BCUT2D eigenvalue weighted by atomic mass is 9.81. The number of hydrogen-bond donors (Lipinski definition) is 3. The molecule has 0 bridgehead atoms. The van der Waals surface area contributed by atoms with Crippen LogP contribution in [0.5, 0.6) is 11.5 Å². The van der Waals surface area contributed by atoms with Crippen molar-refractivity contribution in [2.75, 3.05) is 7.11 Å². The monoisotopic (exact) mass is 421 g/mol. The van der Waals surface area contributed by atoms with Crippen molar-refractivity contribution in [1.82, 2.24) is 0 Å². The quantitative estimate of drug-likeness (QED) is 0.688. The molecule has 21 heavy (non-hydrogen) atoms. The molecular weight excluding hydrogens is 402 g/mol. The van der Waals surface area contributed by atoms with Crippen LogP contribution in [0.4, 0.5) is 0 Å². The largest absolute Gasteiger partial charge is 0.503 e. The van der Waals surface area contributed by atoms with Gasteiger partial charge in [-0.15, -0.1) is 0 Å². The number of phenols is 1. The standard InChI is InChI=1S/C15H21Br2NO3/c1-21-10-7-9(11(16)12(17)15(10)20)13(18)14(19)8-5-3-2-4-6-8/h7-8,13-14,19-20H,2-6,18H2,1H3/t13-,14+/m0/s1. The summed E-state index contributed by atoms with van der Waals surface area (Å²) in [6.07, 6.45) is 4.98. The van der Waals surface area contributed by atoms with Crippen LogP contribution in [-0.4, -0.2) is 23.4 Å². The Morgan fingerprint density at radius 1 is 1.24 bits per heavy atom. The van der Waals surface area contributed by atoms with Crippen LogP contribution >= 0.6 is 31.9 Å². The van der Waals surface area contributed by atoms with E-state index in [0.29, 0.717) is 14.7 Å². The van der Waals surface area contributed by atoms with Crippen LogP contribution < -0.4 is 10.5 Å². The van der Waals surface area contributed by atoms with E-state index in [1.165, 1.54) is 13.5 Å². The summed E-state index contributed by atoms with van der Waals surface area (Å²) in [5, 5.41) is 20.5. The van der Waals surface area contributed by atoms with E-state index in [1.54, 1.807) is 6.07 Å². The molecule has 118 valence electrons. The first-order valence-electron chi connectivity index (χ1n) is 7.15. The Morgan fingerprint density at radius 2 is 1.86 bits per heavy atom. The molecule has 4 nitrogen and oxygen atoms in total. The predicted molar refractivity (Wildman–Crippen MR) is 89.6 cm³/mol. The summed E-state index contributed by atoms with van der Waals surface area (Å²) in [6, 6.07) is 1.16. The number of aliphatic hydroxyl groups excluding tert-OH is 1. The minimum absolute atomic E-state index is 0.0208. The van der Waals surface area contributed by atoms with Crippen LogP contribution in [0.25, 0.3) is 0 Å². The molecule has 0 saturated heterocycles. The highest BCUT2D eigenvalue weighted by atomic mass is 79.9. The number of rotatable bonds is 4. The van der Waals surface area contributed by atoms with Gasteiger partial charge in [-0.1, -0.05) is 19.3 Å². The maximum absolute atomic E-state index is 10.6. The Balaban J connectivity index is 2.29. The van der Waals surface area contributed by atoms with Crippen molar-refractivity contribution >= 4 is 31.9 Å². The molecule has 2 atom stereocenters. The first-order valence-corrected chi connectivity index (χ1v) is 8.74. The Kier molecular flexibility index (Phi) is 5.94. The zero-order chi connectivity index (χ0) is 15.6. The molecule has 4 N–H and O–H groups in total. The van der Waals surface area contributed by atoms with E-state index in [2.05, 4.69) is 31.9 Å². The van der Waals surface area contributed by atoms with Crippen LogP contribution in [0.2, 0.25) is 0 Å². The summed E-state index contributed by atoms with van der Waals surface area (Å²) in [5.74, 6) is 0.595. The third-order valence-electron chi connectivity index (χ3n) is 4.25. The summed E-state index contributed by atoms with van der Waals surface area (Å²) in [4.78, 5) is 0. The number of halogens is 2. The van der Waals surface area contributed by atoms with E-state index in [9.17, 15) is 10.2 Å². The van der Waals surface area contributed by atoms with Crippen molar-refractivity contribution in [2.24, 2.45) is 11.7 Å². The van der Waals surface area contributed by atoms with Gasteiger partial charge in [0.25, 0.3) is 0 Å². The molecule has 0 radical (unpaired) electrons. The smallest absolute Gasteiger partial charge is 0.173 e. The molecule has 1 fully saturated rings. The molecule has 1 saturated carbocycles. The molecule has 6 heteroatoms. The number of hydrogen-bond acceptors (Lipinski definition) is 4. The summed E-state index contributed by atoms with van der Waals surface area (Å²) >= 11 is 6.75. The Morgan fingerprint density at radius 3 is 2.43 bits per heavy atom. The number of methoxy groups -OCH3 is 1. The van der Waals surface area contributed by atoms with Gasteiger partial charge in [0.15, 0.2) is 11.5 Å². The normalized spacial score (nSPS) is 19.3. The molecule has 0 spiro atoms. The minimum atomic E-state index is -0.595. The zero-order valence-corrected chi connectivity index (χ0v) is 15.2. The molecule has 0 heterocycles. The third-order valence-corrected chi connectivity index (χ3v) is 6.41. The molecule has 0 aliphatic heterocycles.